The number of aliphatic hydroxyl groups excluding tert-OH is 1. The van der Waals surface area contributed by atoms with Crippen molar-refractivity contribution >= 4 is 5.69 Å². The fourth-order valence-corrected chi connectivity index (χ4v) is 1.57. The molecule has 0 spiro atoms. The first-order chi connectivity index (χ1) is 9.11. The van der Waals surface area contributed by atoms with Crippen LogP contribution in [0.15, 0.2) is 24.3 Å². The van der Waals surface area contributed by atoms with Crippen molar-refractivity contribution in [3.63, 3.8) is 0 Å². The van der Waals surface area contributed by atoms with Crippen LogP contribution in [0, 0.1) is 17.2 Å². The lowest BCUT2D eigenvalue weighted by Crippen LogP contribution is -2.25. The zero-order valence-electron chi connectivity index (χ0n) is 11.6. The van der Waals surface area contributed by atoms with Gasteiger partial charge >= 0.3 is 0 Å². The van der Waals surface area contributed by atoms with Gasteiger partial charge in [-0.1, -0.05) is 26.0 Å². The van der Waals surface area contributed by atoms with Crippen LogP contribution in [0.25, 0.3) is 0 Å². The molecule has 0 saturated carbocycles. The number of nitrogens with zero attached hydrogens (tertiary/aromatic N) is 1. The van der Waals surface area contributed by atoms with Gasteiger partial charge < -0.3 is 15.2 Å². The molecule has 4 heteroatoms. The molecule has 0 bridgehead atoms. The van der Waals surface area contributed by atoms with E-state index >= 15 is 0 Å². The minimum Gasteiger partial charge on any atom is -0.389 e. The minimum absolute atomic E-state index is 0.345. The lowest BCUT2D eigenvalue weighted by molar-refractivity contribution is 0.0318. The summed E-state index contributed by atoms with van der Waals surface area (Å²) in [5.74, 6) is 0.479. The SMILES string of the molecule is CC(C)COCC(O)CNc1ccc(CC#N)cc1. The first-order valence-electron chi connectivity index (χ1n) is 6.57. The number of nitrogens with one attached hydrogen (secondary N) is 1. The van der Waals surface area contributed by atoms with Gasteiger partial charge in [0.2, 0.25) is 0 Å². The summed E-state index contributed by atoms with van der Waals surface area (Å²) in [4.78, 5) is 0. The smallest absolute Gasteiger partial charge is 0.0945 e. The van der Waals surface area contributed by atoms with Crippen LogP contribution >= 0.6 is 0 Å². The van der Waals surface area contributed by atoms with Crippen LogP contribution in [-0.4, -0.2) is 31.0 Å². The highest BCUT2D eigenvalue weighted by Crippen LogP contribution is 2.09. The maximum atomic E-state index is 9.73. The molecule has 0 aliphatic rings. The summed E-state index contributed by atoms with van der Waals surface area (Å²) < 4.78 is 5.37. The third-order valence-electron chi connectivity index (χ3n) is 2.54. The number of hydrogen-bond donors (Lipinski definition) is 2. The molecule has 0 heterocycles. The molecule has 104 valence electrons. The van der Waals surface area contributed by atoms with Gasteiger partial charge in [0, 0.05) is 18.8 Å². The first kappa shape index (κ1) is 15.5. The highest BCUT2D eigenvalue weighted by atomic mass is 16.5. The van der Waals surface area contributed by atoms with Gasteiger partial charge in [0.1, 0.15) is 0 Å². The van der Waals surface area contributed by atoms with Crippen LogP contribution in [0.3, 0.4) is 0 Å². The predicted octanol–water partition coefficient (Wildman–Crippen LogP) is 2.20. The first-order valence-corrected chi connectivity index (χ1v) is 6.57. The Bertz CT molecular complexity index is 396. The Morgan fingerprint density at radius 1 is 1.26 bits per heavy atom. The van der Waals surface area contributed by atoms with Crippen molar-refractivity contribution in [3.8, 4) is 6.07 Å². The van der Waals surface area contributed by atoms with E-state index in [-0.39, 0.29) is 0 Å². The van der Waals surface area contributed by atoms with Crippen LogP contribution in [0.1, 0.15) is 19.4 Å². The summed E-state index contributed by atoms with van der Waals surface area (Å²) >= 11 is 0. The molecule has 0 radical (unpaired) electrons. The summed E-state index contributed by atoms with van der Waals surface area (Å²) in [6, 6.07) is 9.75. The van der Waals surface area contributed by atoms with Gasteiger partial charge in [-0.05, 0) is 23.6 Å². The highest BCUT2D eigenvalue weighted by molar-refractivity contribution is 5.45. The topological polar surface area (TPSA) is 65.3 Å². The summed E-state index contributed by atoms with van der Waals surface area (Å²) in [5.41, 5.74) is 1.93. The van der Waals surface area contributed by atoms with E-state index in [9.17, 15) is 5.11 Å². The van der Waals surface area contributed by atoms with Gasteiger partial charge in [0.15, 0.2) is 0 Å². The van der Waals surface area contributed by atoms with Gasteiger partial charge in [-0.15, -0.1) is 0 Å². The Balaban J connectivity index is 2.26. The van der Waals surface area contributed by atoms with Gasteiger partial charge in [-0.2, -0.15) is 5.26 Å². The molecule has 0 amide bonds. The van der Waals surface area contributed by atoms with E-state index in [1.807, 2.05) is 24.3 Å². The van der Waals surface area contributed by atoms with Crippen LogP contribution in [0.4, 0.5) is 5.69 Å². The fraction of sp³-hybridized carbons (Fsp3) is 0.533. The molecule has 1 atom stereocenters. The van der Waals surface area contributed by atoms with Crippen molar-refractivity contribution in [2.45, 2.75) is 26.4 Å². The number of ether oxygens (including phenoxy) is 1. The quantitative estimate of drug-likeness (QED) is 0.753. The van der Waals surface area contributed by atoms with Crippen molar-refractivity contribution in [2.24, 2.45) is 5.92 Å². The second kappa shape index (κ2) is 8.52. The number of rotatable bonds is 8. The summed E-state index contributed by atoms with van der Waals surface area (Å²) in [6.07, 6.45) is -0.0936. The van der Waals surface area contributed by atoms with E-state index in [2.05, 4.69) is 25.2 Å². The molecule has 0 aromatic heterocycles. The monoisotopic (exact) mass is 262 g/mol. The molecule has 19 heavy (non-hydrogen) atoms. The molecule has 2 N–H and O–H groups in total. The van der Waals surface area contributed by atoms with Crippen molar-refractivity contribution in [2.75, 3.05) is 25.1 Å². The molecule has 0 saturated heterocycles. The largest absolute Gasteiger partial charge is 0.389 e. The predicted molar refractivity (Wildman–Crippen MR) is 75.9 cm³/mol. The van der Waals surface area contributed by atoms with Gasteiger partial charge in [-0.25, -0.2) is 0 Å². The molecule has 0 aliphatic carbocycles. The zero-order valence-corrected chi connectivity index (χ0v) is 11.6. The molecule has 0 fully saturated rings. The third kappa shape index (κ3) is 6.80. The number of nitriles is 1. The van der Waals surface area contributed by atoms with Gasteiger partial charge in [-0.3, -0.25) is 0 Å². The molecule has 0 aliphatic heterocycles. The van der Waals surface area contributed by atoms with E-state index in [1.54, 1.807) is 0 Å². The summed E-state index contributed by atoms with van der Waals surface area (Å²) in [6.45, 7) is 5.62. The van der Waals surface area contributed by atoms with Crippen molar-refractivity contribution in [1.82, 2.24) is 0 Å². The number of hydrogen-bond acceptors (Lipinski definition) is 4. The Labute approximate surface area is 115 Å². The Morgan fingerprint density at radius 2 is 1.95 bits per heavy atom. The molecule has 1 aromatic rings. The molecule has 4 nitrogen and oxygen atoms in total. The van der Waals surface area contributed by atoms with Gasteiger partial charge in [0.05, 0.1) is 25.2 Å². The van der Waals surface area contributed by atoms with E-state index in [0.717, 1.165) is 11.3 Å². The minimum atomic E-state index is -0.516. The maximum absolute atomic E-state index is 9.73. The van der Waals surface area contributed by atoms with E-state index < -0.39 is 6.10 Å². The lowest BCUT2D eigenvalue weighted by Gasteiger charge is -2.14. The molecular weight excluding hydrogens is 240 g/mol. The second-order valence-corrected chi connectivity index (χ2v) is 5.00. The number of benzene rings is 1. The van der Waals surface area contributed by atoms with Crippen molar-refractivity contribution in [3.05, 3.63) is 29.8 Å². The Kier molecular flexibility index (Phi) is 6.94. The van der Waals surface area contributed by atoms with Gasteiger partial charge in [0.25, 0.3) is 0 Å². The normalized spacial score (nSPS) is 12.2. The number of aliphatic hydroxyl groups is 1. The third-order valence-corrected chi connectivity index (χ3v) is 2.54. The highest BCUT2D eigenvalue weighted by Gasteiger charge is 2.05. The summed E-state index contributed by atoms with van der Waals surface area (Å²) in [7, 11) is 0. The average Bonchev–Trinajstić information content (AvgIpc) is 2.38. The lowest BCUT2D eigenvalue weighted by atomic mass is 10.1. The van der Waals surface area contributed by atoms with Crippen molar-refractivity contribution < 1.29 is 9.84 Å². The molecule has 1 rings (SSSR count). The fourth-order valence-electron chi connectivity index (χ4n) is 1.57. The molecule has 1 unspecified atom stereocenters. The van der Waals surface area contributed by atoms with Crippen LogP contribution in [-0.2, 0) is 11.2 Å². The average molecular weight is 262 g/mol. The van der Waals surface area contributed by atoms with E-state index in [1.165, 1.54) is 0 Å². The van der Waals surface area contributed by atoms with Crippen molar-refractivity contribution in [1.29, 1.82) is 5.26 Å². The zero-order chi connectivity index (χ0) is 14.1. The van der Waals surface area contributed by atoms with E-state index in [0.29, 0.717) is 32.1 Å². The molecule has 1 aromatic carbocycles. The standard InChI is InChI=1S/C15H22N2O2/c1-12(2)10-19-11-15(18)9-17-14-5-3-13(4-6-14)7-8-16/h3-6,12,15,17-18H,7,9-11H2,1-2H3. The number of anilines is 1. The summed E-state index contributed by atoms with van der Waals surface area (Å²) in [5, 5.41) is 21.4. The van der Waals surface area contributed by atoms with E-state index in [4.69, 9.17) is 10.00 Å². The van der Waals surface area contributed by atoms with Crippen LogP contribution in [0.2, 0.25) is 0 Å². The second-order valence-electron chi connectivity index (χ2n) is 5.00. The van der Waals surface area contributed by atoms with Crippen LogP contribution in [0.5, 0.6) is 0 Å². The Morgan fingerprint density at radius 3 is 2.53 bits per heavy atom. The Hall–Kier alpha value is -1.57. The molecular formula is C15H22N2O2. The van der Waals surface area contributed by atoms with Crippen LogP contribution < -0.4 is 5.32 Å². The maximum Gasteiger partial charge on any atom is 0.0945 e.